The molecule has 126 valence electrons. The van der Waals surface area contributed by atoms with Gasteiger partial charge in [0.15, 0.2) is 0 Å². The van der Waals surface area contributed by atoms with E-state index in [-0.39, 0.29) is 0 Å². The van der Waals surface area contributed by atoms with Crippen LogP contribution >= 0.6 is 0 Å². The molecule has 1 aliphatic rings. The highest BCUT2D eigenvalue weighted by molar-refractivity contribution is 5.45. The van der Waals surface area contributed by atoms with Crippen molar-refractivity contribution in [2.45, 2.75) is 0 Å². The first-order valence-electron chi connectivity index (χ1n) is 8.25. The zero-order valence-corrected chi connectivity index (χ0v) is 13.9. The van der Waals surface area contributed by atoms with Gasteiger partial charge in [-0.15, -0.1) is 0 Å². The molecular weight excluding hydrogens is 314 g/mol. The highest BCUT2D eigenvalue weighted by Gasteiger charge is 2.18. The van der Waals surface area contributed by atoms with Gasteiger partial charge in [-0.3, -0.25) is 4.90 Å². The summed E-state index contributed by atoms with van der Waals surface area (Å²) in [6.07, 6.45) is 1.69. The van der Waals surface area contributed by atoms with Crippen LogP contribution in [0, 0.1) is 22.7 Å². The van der Waals surface area contributed by atoms with Crippen LogP contribution in [0.25, 0.3) is 0 Å². The van der Waals surface area contributed by atoms with Gasteiger partial charge in [0.2, 0.25) is 0 Å². The summed E-state index contributed by atoms with van der Waals surface area (Å²) in [6.45, 7) is 5.13. The van der Waals surface area contributed by atoms with Crippen LogP contribution in [0.5, 0.6) is 5.75 Å². The van der Waals surface area contributed by atoms with Crippen molar-refractivity contribution >= 4 is 5.82 Å². The van der Waals surface area contributed by atoms with Gasteiger partial charge in [0, 0.05) is 38.9 Å². The van der Waals surface area contributed by atoms with Crippen molar-refractivity contribution in [2.75, 3.05) is 44.2 Å². The van der Waals surface area contributed by atoms with Crippen LogP contribution in [0.3, 0.4) is 0 Å². The van der Waals surface area contributed by atoms with E-state index >= 15 is 0 Å². The fraction of sp³-hybridized carbons (Fsp3) is 0.316. The van der Waals surface area contributed by atoms with Crippen molar-refractivity contribution in [1.82, 2.24) is 9.88 Å². The van der Waals surface area contributed by atoms with Crippen molar-refractivity contribution in [3.8, 4) is 17.9 Å². The number of piperazine rings is 1. The summed E-state index contributed by atoms with van der Waals surface area (Å²) in [5.41, 5.74) is 1.28. The summed E-state index contributed by atoms with van der Waals surface area (Å²) in [4.78, 5) is 8.92. The maximum Gasteiger partial charge on any atom is 0.129 e. The molecule has 0 radical (unpaired) electrons. The number of ether oxygens (including phenoxy) is 1. The summed E-state index contributed by atoms with van der Waals surface area (Å²) in [7, 11) is 0. The van der Waals surface area contributed by atoms with Gasteiger partial charge in [-0.05, 0) is 36.4 Å². The molecule has 3 rings (SSSR count). The third kappa shape index (κ3) is 4.47. The van der Waals surface area contributed by atoms with E-state index in [1.807, 2.05) is 18.2 Å². The van der Waals surface area contributed by atoms with Crippen LogP contribution in [0.1, 0.15) is 11.1 Å². The lowest BCUT2D eigenvalue weighted by Gasteiger charge is -2.35. The molecule has 0 spiro atoms. The van der Waals surface area contributed by atoms with Gasteiger partial charge in [0.05, 0.1) is 23.3 Å². The number of aromatic nitrogens is 1. The van der Waals surface area contributed by atoms with Crippen molar-refractivity contribution in [3.05, 3.63) is 53.7 Å². The minimum absolute atomic E-state index is 0.619. The van der Waals surface area contributed by atoms with Crippen LogP contribution in [-0.2, 0) is 0 Å². The molecular formula is C19H19N5O. The number of hydrogen-bond acceptors (Lipinski definition) is 6. The Hall–Kier alpha value is -3.09. The molecule has 0 atom stereocenters. The minimum atomic E-state index is 0.619. The number of nitrogens with zero attached hydrogens (tertiary/aromatic N) is 5. The normalized spacial score (nSPS) is 14.6. The average molecular weight is 333 g/mol. The lowest BCUT2D eigenvalue weighted by molar-refractivity contribution is 0.200. The zero-order valence-electron chi connectivity index (χ0n) is 13.9. The van der Waals surface area contributed by atoms with Crippen molar-refractivity contribution < 1.29 is 4.74 Å². The van der Waals surface area contributed by atoms with Crippen LogP contribution in [0.15, 0.2) is 42.6 Å². The van der Waals surface area contributed by atoms with Crippen molar-refractivity contribution in [2.24, 2.45) is 0 Å². The van der Waals surface area contributed by atoms with Gasteiger partial charge < -0.3 is 9.64 Å². The number of rotatable bonds is 5. The number of anilines is 1. The minimum Gasteiger partial charge on any atom is -0.492 e. The summed E-state index contributed by atoms with van der Waals surface area (Å²) in [5, 5.41) is 17.8. The molecule has 2 aromatic rings. The predicted octanol–water partition coefficient (Wildman–Crippen LogP) is 2.03. The standard InChI is InChI=1S/C19H19N5O/c20-14-16-1-3-18(4-2-16)25-12-11-23-7-9-24(10-8-23)19-13-17(15-21)5-6-22-19/h1-6,13H,7-12H2. The third-order valence-corrected chi connectivity index (χ3v) is 4.23. The second-order valence-corrected chi connectivity index (χ2v) is 5.83. The molecule has 6 heteroatoms. The topological polar surface area (TPSA) is 76.2 Å². The summed E-state index contributed by atoms with van der Waals surface area (Å²) < 4.78 is 5.74. The second kappa shape index (κ2) is 8.14. The molecule has 6 nitrogen and oxygen atoms in total. The van der Waals surface area contributed by atoms with Gasteiger partial charge in [0.1, 0.15) is 18.2 Å². The van der Waals surface area contributed by atoms with Crippen molar-refractivity contribution in [3.63, 3.8) is 0 Å². The highest BCUT2D eigenvalue weighted by Crippen LogP contribution is 2.15. The van der Waals surface area contributed by atoms with Gasteiger partial charge in [-0.2, -0.15) is 10.5 Å². The molecule has 0 saturated carbocycles. The van der Waals surface area contributed by atoms with E-state index in [4.69, 9.17) is 15.3 Å². The molecule has 0 aliphatic carbocycles. The lowest BCUT2D eigenvalue weighted by Crippen LogP contribution is -2.47. The highest BCUT2D eigenvalue weighted by atomic mass is 16.5. The molecule has 0 N–H and O–H groups in total. The first-order chi connectivity index (χ1) is 12.3. The van der Waals surface area contributed by atoms with E-state index in [1.54, 1.807) is 24.4 Å². The number of benzene rings is 1. The first kappa shape index (κ1) is 16.8. The zero-order chi connectivity index (χ0) is 17.5. The fourth-order valence-corrected chi connectivity index (χ4v) is 2.78. The monoisotopic (exact) mass is 333 g/mol. The van der Waals surface area contributed by atoms with Crippen LogP contribution in [0.2, 0.25) is 0 Å². The lowest BCUT2D eigenvalue weighted by atomic mass is 10.2. The molecule has 2 heterocycles. The first-order valence-corrected chi connectivity index (χ1v) is 8.25. The van der Waals surface area contributed by atoms with Gasteiger partial charge in [-0.25, -0.2) is 4.98 Å². The SMILES string of the molecule is N#Cc1ccc(OCCN2CCN(c3cc(C#N)ccn3)CC2)cc1. The Morgan fingerprint density at radius 1 is 0.960 bits per heavy atom. The Kier molecular flexibility index (Phi) is 5.46. The van der Waals surface area contributed by atoms with E-state index < -0.39 is 0 Å². The van der Waals surface area contributed by atoms with Crippen LogP contribution in [-0.4, -0.2) is 49.2 Å². The molecule has 0 bridgehead atoms. The Morgan fingerprint density at radius 2 is 1.68 bits per heavy atom. The molecule has 1 fully saturated rings. The Morgan fingerprint density at radius 3 is 2.36 bits per heavy atom. The summed E-state index contributed by atoms with van der Waals surface area (Å²) >= 11 is 0. The van der Waals surface area contributed by atoms with E-state index in [0.29, 0.717) is 17.7 Å². The number of nitriles is 2. The van der Waals surface area contributed by atoms with E-state index in [0.717, 1.165) is 44.3 Å². The number of hydrogen-bond donors (Lipinski definition) is 0. The quantitative estimate of drug-likeness (QED) is 0.833. The largest absolute Gasteiger partial charge is 0.492 e. The predicted molar refractivity (Wildman–Crippen MR) is 94.3 cm³/mol. The van der Waals surface area contributed by atoms with Crippen LogP contribution in [0.4, 0.5) is 5.82 Å². The van der Waals surface area contributed by atoms with Crippen molar-refractivity contribution in [1.29, 1.82) is 10.5 Å². The molecule has 1 aromatic carbocycles. The van der Waals surface area contributed by atoms with E-state index in [1.165, 1.54) is 0 Å². The van der Waals surface area contributed by atoms with E-state index in [2.05, 4.69) is 26.9 Å². The Bertz CT molecular complexity index is 783. The Balaban J connectivity index is 1.43. The molecule has 0 amide bonds. The van der Waals surface area contributed by atoms with Crippen LogP contribution < -0.4 is 9.64 Å². The average Bonchev–Trinajstić information content (AvgIpc) is 2.69. The van der Waals surface area contributed by atoms with Gasteiger partial charge in [0.25, 0.3) is 0 Å². The fourth-order valence-electron chi connectivity index (χ4n) is 2.78. The molecule has 1 aromatic heterocycles. The summed E-state index contributed by atoms with van der Waals surface area (Å²) in [6, 6.07) is 15.0. The summed E-state index contributed by atoms with van der Waals surface area (Å²) in [5.74, 6) is 1.66. The smallest absolute Gasteiger partial charge is 0.129 e. The van der Waals surface area contributed by atoms with Gasteiger partial charge in [-0.1, -0.05) is 0 Å². The number of pyridine rings is 1. The molecule has 25 heavy (non-hydrogen) atoms. The third-order valence-electron chi connectivity index (χ3n) is 4.23. The Labute approximate surface area is 147 Å². The van der Waals surface area contributed by atoms with E-state index in [9.17, 15) is 0 Å². The maximum atomic E-state index is 8.99. The van der Waals surface area contributed by atoms with Gasteiger partial charge >= 0.3 is 0 Å². The second-order valence-electron chi connectivity index (χ2n) is 5.83. The molecule has 1 aliphatic heterocycles. The maximum absolute atomic E-state index is 8.99. The molecule has 0 unspecified atom stereocenters. The molecule has 1 saturated heterocycles.